The Bertz CT molecular complexity index is 251. The van der Waals surface area contributed by atoms with E-state index in [2.05, 4.69) is 11.9 Å². The van der Waals surface area contributed by atoms with Gasteiger partial charge in [0.1, 0.15) is 0 Å². The first-order valence-corrected chi connectivity index (χ1v) is 8.30. The van der Waals surface area contributed by atoms with Gasteiger partial charge in [0.05, 0.1) is 11.7 Å². The molecule has 0 amide bonds. The molecule has 0 aromatic carbocycles. The molecule has 1 aliphatic carbocycles. The predicted molar refractivity (Wildman–Crippen MR) is 80.3 cm³/mol. The first-order valence-electron chi connectivity index (χ1n) is 8.30. The molecule has 0 aromatic rings. The molecule has 1 spiro atoms. The monoisotopic (exact) mass is 268 g/mol. The summed E-state index contributed by atoms with van der Waals surface area (Å²) in [5, 5.41) is 0. The van der Waals surface area contributed by atoms with Gasteiger partial charge in [0.2, 0.25) is 0 Å². The summed E-state index contributed by atoms with van der Waals surface area (Å²) in [6.07, 6.45) is 13.5. The van der Waals surface area contributed by atoms with Gasteiger partial charge in [-0.3, -0.25) is 0 Å². The van der Waals surface area contributed by atoms with Gasteiger partial charge in [-0.15, -0.1) is 0 Å². The fourth-order valence-corrected chi connectivity index (χ4v) is 3.73. The van der Waals surface area contributed by atoms with Crippen LogP contribution in [0.3, 0.4) is 0 Å². The number of nitrogens with zero attached hydrogens (tertiary/aromatic N) is 1. The predicted octanol–water partition coefficient (Wildman–Crippen LogP) is 2.93. The highest BCUT2D eigenvalue weighted by Gasteiger charge is 2.40. The third-order valence-electron chi connectivity index (χ3n) is 4.86. The standard InChI is InChI=1S/C16H32N2O/c1-18(13-7-3-6-12-17)14-15-8-11-16(19-15)9-4-2-5-10-16/h15H,2-14,17H2,1H3. The van der Waals surface area contributed by atoms with Crippen molar-refractivity contribution in [2.24, 2.45) is 5.73 Å². The first-order chi connectivity index (χ1) is 9.24. The van der Waals surface area contributed by atoms with E-state index >= 15 is 0 Å². The molecule has 3 heteroatoms. The Labute approximate surface area is 118 Å². The van der Waals surface area contributed by atoms with Crippen molar-refractivity contribution < 1.29 is 4.74 Å². The molecule has 0 radical (unpaired) electrons. The molecule has 1 unspecified atom stereocenters. The maximum absolute atomic E-state index is 6.43. The lowest BCUT2D eigenvalue weighted by Crippen LogP contribution is -2.35. The molecule has 2 rings (SSSR count). The van der Waals surface area contributed by atoms with Crippen LogP contribution in [0.4, 0.5) is 0 Å². The van der Waals surface area contributed by atoms with Crippen LogP contribution >= 0.6 is 0 Å². The molecule has 2 N–H and O–H groups in total. The molecule has 1 saturated heterocycles. The van der Waals surface area contributed by atoms with Crippen molar-refractivity contribution in [3.05, 3.63) is 0 Å². The molecule has 1 aliphatic heterocycles. The number of hydrogen-bond acceptors (Lipinski definition) is 3. The lowest BCUT2D eigenvalue weighted by molar-refractivity contribution is -0.0702. The molecule has 0 bridgehead atoms. The van der Waals surface area contributed by atoms with Crippen molar-refractivity contribution in [2.45, 2.75) is 75.9 Å². The Hall–Kier alpha value is -0.120. The van der Waals surface area contributed by atoms with Gasteiger partial charge in [0.15, 0.2) is 0 Å². The molecule has 112 valence electrons. The van der Waals surface area contributed by atoms with Crippen molar-refractivity contribution in [3.8, 4) is 0 Å². The van der Waals surface area contributed by atoms with Crippen LogP contribution < -0.4 is 5.73 Å². The topological polar surface area (TPSA) is 38.5 Å². The molecule has 3 nitrogen and oxygen atoms in total. The minimum Gasteiger partial charge on any atom is -0.370 e. The zero-order chi connectivity index (χ0) is 13.6. The Morgan fingerprint density at radius 2 is 1.89 bits per heavy atom. The quantitative estimate of drug-likeness (QED) is 0.722. The van der Waals surface area contributed by atoms with Gasteiger partial charge in [0, 0.05) is 6.54 Å². The highest BCUT2D eigenvalue weighted by atomic mass is 16.5. The van der Waals surface area contributed by atoms with E-state index in [1.807, 2.05) is 0 Å². The number of hydrogen-bond donors (Lipinski definition) is 1. The molecule has 1 heterocycles. The second-order valence-corrected chi connectivity index (χ2v) is 6.63. The molecular weight excluding hydrogens is 236 g/mol. The van der Waals surface area contributed by atoms with Gasteiger partial charge in [-0.05, 0) is 58.7 Å². The van der Waals surface area contributed by atoms with Crippen LogP contribution in [0, 0.1) is 0 Å². The number of rotatable bonds is 7. The maximum Gasteiger partial charge on any atom is 0.0710 e. The molecule has 1 saturated carbocycles. The van der Waals surface area contributed by atoms with Gasteiger partial charge in [-0.2, -0.15) is 0 Å². The normalized spacial score (nSPS) is 26.4. The van der Waals surface area contributed by atoms with Gasteiger partial charge in [0.25, 0.3) is 0 Å². The van der Waals surface area contributed by atoms with Crippen molar-refractivity contribution >= 4 is 0 Å². The van der Waals surface area contributed by atoms with E-state index in [1.165, 1.54) is 64.3 Å². The zero-order valence-corrected chi connectivity index (χ0v) is 12.7. The van der Waals surface area contributed by atoms with Crippen LogP contribution in [0.25, 0.3) is 0 Å². The van der Waals surface area contributed by atoms with Crippen LogP contribution in [-0.4, -0.2) is 43.3 Å². The van der Waals surface area contributed by atoms with Crippen LogP contribution in [0.5, 0.6) is 0 Å². The van der Waals surface area contributed by atoms with Gasteiger partial charge in [-0.1, -0.05) is 25.7 Å². The van der Waals surface area contributed by atoms with Crippen LogP contribution in [0.2, 0.25) is 0 Å². The average Bonchev–Trinajstić information content (AvgIpc) is 2.78. The average molecular weight is 268 g/mol. The highest BCUT2D eigenvalue weighted by molar-refractivity contribution is 4.91. The second-order valence-electron chi connectivity index (χ2n) is 6.63. The zero-order valence-electron chi connectivity index (χ0n) is 12.7. The Kier molecular flexibility index (Phi) is 6.11. The minimum absolute atomic E-state index is 0.281. The third kappa shape index (κ3) is 4.73. The molecule has 0 aromatic heterocycles. The smallest absolute Gasteiger partial charge is 0.0710 e. The van der Waals surface area contributed by atoms with Crippen molar-refractivity contribution in [3.63, 3.8) is 0 Å². The fourth-order valence-electron chi connectivity index (χ4n) is 3.73. The van der Waals surface area contributed by atoms with Crippen molar-refractivity contribution in [1.82, 2.24) is 4.90 Å². The largest absolute Gasteiger partial charge is 0.370 e. The summed E-state index contributed by atoms with van der Waals surface area (Å²) < 4.78 is 6.43. The highest BCUT2D eigenvalue weighted by Crippen LogP contribution is 2.41. The van der Waals surface area contributed by atoms with E-state index in [9.17, 15) is 0 Å². The summed E-state index contributed by atoms with van der Waals surface area (Å²) in [7, 11) is 2.23. The fraction of sp³-hybridized carbons (Fsp3) is 1.00. The van der Waals surface area contributed by atoms with E-state index < -0.39 is 0 Å². The molecule has 19 heavy (non-hydrogen) atoms. The number of likely N-dealkylation sites (N-methyl/N-ethyl adjacent to an activating group) is 1. The molecule has 1 atom stereocenters. The number of unbranched alkanes of at least 4 members (excludes halogenated alkanes) is 2. The van der Waals surface area contributed by atoms with Crippen LogP contribution in [0.1, 0.15) is 64.2 Å². The van der Waals surface area contributed by atoms with E-state index in [0.717, 1.165) is 19.5 Å². The number of ether oxygens (including phenoxy) is 1. The maximum atomic E-state index is 6.43. The molecule has 2 aliphatic rings. The Balaban J connectivity index is 1.63. The third-order valence-corrected chi connectivity index (χ3v) is 4.86. The molecular formula is C16H32N2O. The summed E-state index contributed by atoms with van der Waals surface area (Å²) >= 11 is 0. The SMILES string of the molecule is CN(CCCCCN)CC1CCC2(CCCCC2)O1. The van der Waals surface area contributed by atoms with Crippen molar-refractivity contribution in [2.75, 3.05) is 26.7 Å². The summed E-state index contributed by atoms with van der Waals surface area (Å²) in [4.78, 5) is 2.45. The number of nitrogens with two attached hydrogens (primary N) is 1. The lowest BCUT2D eigenvalue weighted by Gasteiger charge is -2.34. The molecule has 2 fully saturated rings. The first kappa shape index (κ1) is 15.3. The second kappa shape index (κ2) is 7.61. The van der Waals surface area contributed by atoms with Gasteiger partial charge < -0.3 is 15.4 Å². The van der Waals surface area contributed by atoms with E-state index in [-0.39, 0.29) is 5.60 Å². The van der Waals surface area contributed by atoms with Gasteiger partial charge >= 0.3 is 0 Å². The Morgan fingerprint density at radius 1 is 1.11 bits per heavy atom. The Morgan fingerprint density at radius 3 is 2.63 bits per heavy atom. The summed E-state index contributed by atoms with van der Waals surface area (Å²) in [6, 6.07) is 0. The summed E-state index contributed by atoms with van der Waals surface area (Å²) in [6.45, 7) is 3.13. The summed E-state index contributed by atoms with van der Waals surface area (Å²) in [5.74, 6) is 0. The van der Waals surface area contributed by atoms with Crippen molar-refractivity contribution in [1.29, 1.82) is 0 Å². The van der Waals surface area contributed by atoms with Crippen LogP contribution in [0.15, 0.2) is 0 Å². The van der Waals surface area contributed by atoms with E-state index in [4.69, 9.17) is 10.5 Å². The van der Waals surface area contributed by atoms with E-state index in [0.29, 0.717) is 6.10 Å². The summed E-state index contributed by atoms with van der Waals surface area (Å²) in [5.41, 5.74) is 5.80. The minimum atomic E-state index is 0.281. The lowest BCUT2D eigenvalue weighted by atomic mass is 9.83. The van der Waals surface area contributed by atoms with Crippen LogP contribution in [-0.2, 0) is 4.74 Å². The van der Waals surface area contributed by atoms with Gasteiger partial charge in [-0.25, -0.2) is 0 Å². The van der Waals surface area contributed by atoms with E-state index in [1.54, 1.807) is 0 Å².